The number of methoxy groups -OCH3 is 1. The molecule has 0 unspecified atom stereocenters. The Labute approximate surface area is 179 Å². The number of anilines is 3. The lowest BCUT2D eigenvalue weighted by atomic mass is 10.1. The number of aryl methyl sites for hydroxylation is 3. The van der Waals surface area contributed by atoms with Gasteiger partial charge in [-0.1, -0.05) is 18.2 Å². The Balaban J connectivity index is 1.54. The maximum Gasteiger partial charge on any atom is 0.160 e. The number of hydrogen-bond donors (Lipinski definition) is 2. The molecule has 0 aliphatic carbocycles. The van der Waals surface area contributed by atoms with Crippen LogP contribution in [0, 0.1) is 13.8 Å². The van der Waals surface area contributed by atoms with E-state index in [1.807, 2.05) is 12.1 Å². The molecule has 1 atom stereocenters. The van der Waals surface area contributed by atoms with Crippen LogP contribution in [-0.4, -0.2) is 47.5 Å². The Morgan fingerprint density at radius 2 is 1.97 bits per heavy atom. The molecule has 0 bridgehead atoms. The molecule has 1 aromatic heterocycles. The number of nitrogen functional groups attached to an aromatic ring is 1. The summed E-state index contributed by atoms with van der Waals surface area (Å²) >= 11 is 0. The third-order valence-electron chi connectivity index (χ3n) is 6.17. The van der Waals surface area contributed by atoms with Crippen LogP contribution in [0.25, 0.3) is 10.9 Å². The van der Waals surface area contributed by atoms with Crippen molar-refractivity contribution in [1.29, 1.82) is 0 Å². The summed E-state index contributed by atoms with van der Waals surface area (Å²) in [5.74, 6) is 0.890. The van der Waals surface area contributed by atoms with Crippen LogP contribution in [0.2, 0.25) is 0 Å². The molecule has 0 saturated carbocycles. The second-order valence-corrected chi connectivity index (χ2v) is 8.38. The molecular weight excluding hydrogens is 374 g/mol. The lowest BCUT2D eigenvalue weighted by molar-refractivity contribution is 0.114. The number of hydrogen-bond acceptors (Lipinski definition) is 5. The van der Waals surface area contributed by atoms with Crippen molar-refractivity contribution in [1.82, 2.24) is 14.7 Å². The number of ether oxygens (including phenoxy) is 1. The van der Waals surface area contributed by atoms with Crippen molar-refractivity contribution in [3.8, 4) is 0 Å². The smallest absolute Gasteiger partial charge is 0.160 e. The molecule has 1 fully saturated rings. The zero-order valence-electron chi connectivity index (χ0n) is 18.3. The van der Waals surface area contributed by atoms with Crippen LogP contribution in [0.15, 0.2) is 36.4 Å². The average Bonchev–Trinajstić information content (AvgIpc) is 3.30. The Hall–Kier alpha value is -2.57. The van der Waals surface area contributed by atoms with E-state index in [0.717, 1.165) is 54.2 Å². The molecule has 0 radical (unpaired) electrons. The van der Waals surface area contributed by atoms with E-state index in [4.69, 9.17) is 15.6 Å². The van der Waals surface area contributed by atoms with Gasteiger partial charge in [0, 0.05) is 43.0 Å². The number of nitrogens with one attached hydrogen (secondary N) is 1. The first kappa shape index (κ1) is 20.7. The number of fused-ring (bicyclic) bond motifs is 1. The fraction of sp³-hybridized carbons (Fsp3) is 0.458. The number of para-hydroxylation sites is 1. The predicted molar refractivity (Wildman–Crippen MR) is 124 cm³/mol. The van der Waals surface area contributed by atoms with Gasteiger partial charge in [0.15, 0.2) is 5.82 Å². The van der Waals surface area contributed by atoms with Gasteiger partial charge in [0.1, 0.15) is 0 Å². The van der Waals surface area contributed by atoms with Gasteiger partial charge in [0.05, 0.1) is 12.1 Å². The van der Waals surface area contributed by atoms with Crippen LogP contribution in [0.4, 0.5) is 17.2 Å². The quantitative estimate of drug-likeness (QED) is 0.539. The van der Waals surface area contributed by atoms with Gasteiger partial charge in [-0.2, -0.15) is 5.10 Å². The fourth-order valence-corrected chi connectivity index (χ4v) is 4.58. The van der Waals surface area contributed by atoms with Crippen LogP contribution in [0.3, 0.4) is 0 Å². The zero-order chi connectivity index (χ0) is 21.1. The van der Waals surface area contributed by atoms with Crippen LogP contribution in [-0.2, 0) is 11.3 Å². The zero-order valence-corrected chi connectivity index (χ0v) is 18.3. The van der Waals surface area contributed by atoms with Gasteiger partial charge >= 0.3 is 0 Å². The minimum atomic E-state index is 0.557. The van der Waals surface area contributed by atoms with E-state index in [1.165, 1.54) is 30.5 Å². The van der Waals surface area contributed by atoms with Crippen molar-refractivity contribution in [3.05, 3.63) is 47.5 Å². The second-order valence-electron chi connectivity index (χ2n) is 8.38. The SMILES string of the molecule is COC[C@H]1CCCN1CCCn1nc(Nc2c(C)cccc2C)c2ccc(N)cc21. The highest BCUT2D eigenvalue weighted by Gasteiger charge is 2.23. The van der Waals surface area contributed by atoms with Gasteiger partial charge in [0.2, 0.25) is 0 Å². The summed E-state index contributed by atoms with van der Waals surface area (Å²) in [6.45, 7) is 8.17. The molecule has 0 amide bonds. The van der Waals surface area contributed by atoms with Crippen molar-refractivity contribution < 1.29 is 4.74 Å². The summed E-state index contributed by atoms with van der Waals surface area (Å²) in [6.07, 6.45) is 3.55. The molecule has 3 N–H and O–H groups in total. The maximum atomic E-state index is 6.10. The number of benzene rings is 2. The largest absolute Gasteiger partial charge is 0.399 e. The van der Waals surface area contributed by atoms with Gasteiger partial charge in [-0.05, 0) is 69.0 Å². The van der Waals surface area contributed by atoms with Crippen LogP contribution >= 0.6 is 0 Å². The molecule has 160 valence electrons. The minimum Gasteiger partial charge on any atom is -0.399 e. The van der Waals surface area contributed by atoms with Crippen molar-refractivity contribution in [2.75, 3.05) is 37.9 Å². The van der Waals surface area contributed by atoms with Gasteiger partial charge in [-0.3, -0.25) is 9.58 Å². The number of nitrogens with zero attached hydrogens (tertiary/aromatic N) is 3. The molecule has 4 rings (SSSR count). The minimum absolute atomic E-state index is 0.557. The van der Waals surface area contributed by atoms with E-state index < -0.39 is 0 Å². The Kier molecular flexibility index (Phi) is 6.25. The van der Waals surface area contributed by atoms with E-state index in [2.05, 4.69) is 53.0 Å². The molecule has 3 aromatic rings. The number of aromatic nitrogens is 2. The highest BCUT2D eigenvalue weighted by atomic mass is 16.5. The van der Waals surface area contributed by atoms with Crippen LogP contribution in [0.1, 0.15) is 30.4 Å². The highest BCUT2D eigenvalue weighted by Crippen LogP contribution is 2.30. The molecule has 30 heavy (non-hydrogen) atoms. The van der Waals surface area contributed by atoms with E-state index >= 15 is 0 Å². The van der Waals surface area contributed by atoms with E-state index in [0.29, 0.717) is 6.04 Å². The highest BCUT2D eigenvalue weighted by molar-refractivity contribution is 5.94. The maximum absolute atomic E-state index is 6.10. The molecule has 2 aromatic carbocycles. The normalized spacial score (nSPS) is 17.1. The van der Waals surface area contributed by atoms with Crippen LogP contribution < -0.4 is 11.1 Å². The monoisotopic (exact) mass is 407 g/mol. The number of rotatable bonds is 8. The summed E-state index contributed by atoms with van der Waals surface area (Å²) in [5.41, 5.74) is 11.5. The fourth-order valence-electron chi connectivity index (χ4n) is 4.58. The molecular formula is C24H33N5O. The van der Waals surface area contributed by atoms with Crippen molar-refractivity contribution in [2.24, 2.45) is 0 Å². The third-order valence-corrected chi connectivity index (χ3v) is 6.17. The lowest BCUT2D eigenvalue weighted by Crippen LogP contribution is -2.34. The molecule has 6 heteroatoms. The summed E-state index contributed by atoms with van der Waals surface area (Å²) in [7, 11) is 1.79. The first-order valence-electron chi connectivity index (χ1n) is 10.9. The van der Waals surface area contributed by atoms with E-state index in [-0.39, 0.29) is 0 Å². The topological polar surface area (TPSA) is 68.3 Å². The second kappa shape index (κ2) is 9.06. The molecule has 2 heterocycles. The molecule has 1 aliphatic rings. The third kappa shape index (κ3) is 4.30. The van der Waals surface area contributed by atoms with Crippen LogP contribution in [0.5, 0.6) is 0 Å². The lowest BCUT2D eigenvalue weighted by Gasteiger charge is -2.23. The molecule has 0 spiro atoms. The van der Waals surface area contributed by atoms with Gasteiger partial charge in [-0.15, -0.1) is 0 Å². The standard InChI is InChI=1S/C24H33N5O/c1-17-7-4-8-18(2)23(17)26-24-21-11-10-19(25)15-22(21)29(27-24)14-6-13-28-12-5-9-20(28)16-30-3/h4,7-8,10-11,15,20H,5-6,9,12-14,16,25H2,1-3H3,(H,26,27)/t20-/m1/s1. The first-order chi connectivity index (χ1) is 14.6. The molecule has 1 aliphatic heterocycles. The predicted octanol–water partition coefficient (Wildman–Crippen LogP) is 4.48. The van der Waals surface area contributed by atoms with Crippen molar-refractivity contribution in [2.45, 2.75) is 45.7 Å². The summed E-state index contributed by atoms with van der Waals surface area (Å²) < 4.78 is 7.49. The Morgan fingerprint density at radius 1 is 1.17 bits per heavy atom. The summed E-state index contributed by atoms with van der Waals surface area (Å²) in [5, 5.41) is 9.62. The summed E-state index contributed by atoms with van der Waals surface area (Å²) in [6, 6.07) is 12.9. The van der Waals surface area contributed by atoms with E-state index in [1.54, 1.807) is 7.11 Å². The van der Waals surface area contributed by atoms with Gasteiger partial charge < -0.3 is 15.8 Å². The number of likely N-dealkylation sites (tertiary alicyclic amines) is 1. The Bertz CT molecular complexity index is 992. The number of nitrogens with two attached hydrogens (primary N) is 1. The van der Waals surface area contributed by atoms with Crippen molar-refractivity contribution in [3.63, 3.8) is 0 Å². The van der Waals surface area contributed by atoms with E-state index in [9.17, 15) is 0 Å². The molecule has 1 saturated heterocycles. The molecule has 6 nitrogen and oxygen atoms in total. The van der Waals surface area contributed by atoms with Crippen molar-refractivity contribution >= 4 is 28.1 Å². The Morgan fingerprint density at radius 3 is 2.73 bits per heavy atom. The average molecular weight is 408 g/mol. The van der Waals surface area contributed by atoms with Gasteiger partial charge in [-0.25, -0.2) is 0 Å². The first-order valence-corrected chi connectivity index (χ1v) is 10.9. The van der Waals surface area contributed by atoms with Gasteiger partial charge in [0.25, 0.3) is 0 Å². The summed E-state index contributed by atoms with van der Waals surface area (Å²) in [4.78, 5) is 2.55.